The van der Waals surface area contributed by atoms with E-state index >= 15 is 0 Å². The summed E-state index contributed by atoms with van der Waals surface area (Å²) in [4.78, 5) is 2.33. The number of nitrogens with two attached hydrogens (primary N) is 1. The van der Waals surface area contributed by atoms with Crippen LogP contribution in [0.4, 0.5) is 0 Å². The first kappa shape index (κ1) is 15.3. The molecule has 0 spiro atoms. The molecule has 0 fully saturated rings. The lowest BCUT2D eigenvalue weighted by Crippen LogP contribution is -2.32. The molecule has 2 N–H and O–H groups in total. The van der Waals surface area contributed by atoms with E-state index in [4.69, 9.17) is 22.1 Å². The van der Waals surface area contributed by atoms with Crippen LogP contribution in [0.5, 0.6) is 5.75 Å². The van der Waals surface area contributed by atoms with Crippen LogP contribution < -0.4 is 10.5 Å². The lowest BCUT2D eigenvalue weighted by molar-refractivity contribution is 0.239. The van der Waals surface area contributed by atoms with Gasteiger partial charge >= 0.3 is 0 Å². The summed E-state index contributed by atoms with van der Waals surface area (Å²) in [5.41, 5.74) is 6.77. The fraction of sp³-hybridized carbons (Fsp3) is 0.571. The minimum absolute atomic E-state index is 0.613. The van der Waals surface area contributed by atoms with Gasteiger partial charge in [-0.15, -0.1) is 0 Å². The predicted octanol–water partition coefficient (Wildman–Crippen LogP) is 2.77. The molecule has 0 aliphatic carbocycles. The molecule has 0 atom stereocenters. The molecule has 1 rings (SSSR count). The Hall–Kier alpha value is -0.770. The highest BCUT2D eigenvalue weighted by atomic mass is 35.5. The van der Waals surface area contributed by atoms with Gasteiger partial charge in [0.1, 0.15) is 5.75 Å². The second kappa shape index (κ2) is 7.62. The molecule has 3 nitrogen and oxygen atoms in total. The van der Waals surface area contributed by atoms with Gasteiger partial charge in [0.15, 0.2) is 0 Å². The molecule has 0 amide bonds. The number of benzene rings is 1. The van der Waals surface area contributed by atoms with Crippen LogP contribution in [-0.2, 0) is 6.54 Å². The smallest absolute Gasteiger partial charge is 0.123 e. The van der Waals surface area contributed by atoms with E-state index in [2.05, 4.69) is 18.7 Å². The maximum Gasteiger partial charge on any atom is 0.123 e. The van der Waals surface area contributed by atoms with Crippen LogP contribution in [0.25, 0.3) is 0 Å². The molecule has 0 bridgehead atoms. The predicted molar refractivity (Wildman–Crippen MR) is 77.2 cm³/mol. The van der Waals surface area contributed by atoms with E-state index in [0.29, 0.717) is 12.5 Å². The largest absolute Gasteiger partial charge is 0.496 e. The normalized spacial score (nSPS) is 11.3. The topological polar surface area (TPSA) is 38.5 Å². The fourth-order valence-electron chi connectivity index (χ4n) is 2.05. The van der Waals surface area contributed by atoms with Crippen molar-refractivity contribution in [1.29, 1.82) is 0 Å². The van der Waals surface area contributed by atoms with Crippen LogP contribution in [0.2, 0.25) is 5.02 Å². The number of nitrogens with zero attached hydrogens (tertiary/aromatic N) is 1. The molecule has 0 unspecified atom stereocenters. The highest BCUT2D eigenvalue weighted by Crippen LogP contribution is 2.24. The third kappa shape index (κ3) is 4.84. The summed E-state index contributed by atoms with van der Waals surface area (Å²) in [5.74, 6) is 1.49. The first-order chi connectivity index (χ1) is 8.56. The second-order valence-electron chi connectivity index (χ2n) is 4.87. The van der Waals surface area contributed by atoms with Crippen molar-refractivity contribution in [1.82, 2.24) is 4.90 Å². The van der Waals surface area contributed by atoms with Crippen molar-refractivity contribution in [2.75, 3.05) is 26.7 Å². The Labute approximate surface area is 115 Å². The zero-order valence-corrected chi connectivity index (χ0v) is 12.2. The minimum Gasteiger partial charge on any atom is -0.496 e. The van der Waals surface area contributed by atoms with Gasteiger partial charge in [-0.2, -0.15) is 0 Å². The van der Waals surface area contributed by atoms with Gasteiger partial charge in [-0.1, -0.05) is 25.4 Å². The van der Waals surface area contributed by atoms with Gasteiger partial charge in [-0.25, -0.2) is 0 Å². The average Bonchev–Trinajstić information content (AvgIpc) is 2.28. The molecule has 4 heteroatoms. The molecule has 0 radical (unpaired) electrons. The van der Waals surface area contributed by atoms with Gasteiger partial charge in [-0.05, 0) is 24.1 Å². The highest BCUT2D eigenvalue weighted by Gasteiger charge is 2.11. The Morgan fingerprint density at radius 3 is 2.67 bits per heavy atom. The lowest BCUT2D eigenvalue weighted by atomic mass is 10.1. The van der Waals surface area contributed by atoms with Crippen molar-refractivity contribution in [3.8, 4) is 5.75 Å². The van der Waals surface area contributed by atoms with Gasteiger partial charge in [0.25, 0.3) is 0 Å². The number of halogens is 1. The Morgan fingerprint density at radius 2 is 2.11 bits per heavy atom. The Balaban J connectivity index is 2.81. The molecule has 0 aliphatic heterocycles. The SMILES string of the molecule is COc1ccc(Cl)cc1CN(CCN)CC(C)C. The quantitative estimate of drug-likeness (QED) is 0.828. The van der Waals surface area contributed by atoms with Crippen LogP contribution in [-0.4, -0.2) is 31.6 Å². The van der Waals surface area contributed by atoms with Gasteiger partial charge < -0.3 is 10.5 Å². The first-order valence-corrected chi connectivity index (χ1v) is 6.69. The van der Waals surface area contributed by atoms with E-state index in [9.17, 15) is 0 Å². The van der Waals surface area contributed by atoms with Crippen LogP contribution >= 0.6 is 11.6 Å². The molecule has 102 valence electrons. The summed E-state index contributed by atoms with van der Waals surface area (Å²) in [7, 11) is 1.68. The molecule has 0 heterocycles. The third-order valence-corrected chi connectivity index (χ3v) is 2.94. The van der Waals surface area contributed by atoms with Gasteiger partial charge in [-0.3, -0.25) is 4.90 Å². The van der Waals surface area contributed by atoms with Crippen LogP contribution in [0.15, 0.2) is 18.2 Å². The van der Waals surface area contributed by atoms with Gasteiger partial charge in [0, 0.05) is 36.8 Å². The van der Waals surface area contributed by atoms with Crippen LogP contribution in [0, 0.1) is 5.92 Å². The van der Waals surface area contributed by atoms with Crippen molar-refractivity contribution in [3.05, 3.63) is 28.8 Å². The third-order valence-electron chi connectivity index (χ3n) is 2.71. The maximum atomic E-state index is 6.04. The molecule has 0 saturated heterocycles. The van der Waals surface area contributed by atoms with Gasteiger partial charge in [0.05, 0.1) is 7.11 Å². The Morgan fingerprint density at radius 1 is 1.39 bits per heavy atom. The highest BCUT2D eigenvalue weighted by molar-refractivity contribution is 6.30. The molecule has 0 aromatic heterocycles. The summed E-state index contributed by atoms with van der Waals surface area (Å²) in [6, 6.07) is 5.72. The van der Waals surface area contributed by atoms with E-state index in [1.807, 2.05) is 18.2 Å². The monoisotopic (exact) mass is 270 g/mol. The number of hydrogen-bond donors (Lipinski definition) is 1. The molecular formula is C14H23ClN2O. The zero-order valence-electron chi connectivity index (χ0n) is 11.4. The summed E-state index contributed by atoms with van der Waals surface area (Å²) in [5, 5.41) is 0.739. The Bertz CT molecular complexity index is 369. The summed E-state index contributed by atoms with van der Waals surface area (Å²) < 4.78 is 5.37. The van der Waals surface area contributed by atoms with Crippen LogP contribution in [0.1, 0.15) is 19.4 Å². The van der Waals surface area contributed by atoms with Crippen molar-refractivity contribution in [3.63, 3.8) is 0 Å². The molecule has 0 saturated carbocycles. The summed E-state index contributed by atoms with van der Waals surface area (Å²) >= 11 is 6.04. The zero-order chi connectivity index (χ0) is 13.5. The van der Waals surface area contributed by atoms with Crippen molar-refractivity contribution in [2.24, 2.45) is 11.7 Å². The minimum atomic E-state index is 0.613. The van der Waals surface area contributed by atoms with E-state index in [0.717, 1.165) is 36.0 Å². The maximum absolute atomic E-state index is 6.04. The number of hydrogen-bond acceptors (Lipinski definition) is 3. The van der Waals surface area contributed by atoms with Gasteiger partial charge in [0.2, 0.25) is 0 Å². The Kier molecular flexibility index (Phi) is 6.47. The van der Waals surface area contributed by atoms with E-state index < -0.39 is 0 Å². The number of methoxy groups -OCH3 is 1. The fourth-order valence-corrected chi connectivity index (χ4v) is 2.24. The molecular weight excluding hydrogens is 248 g/mol. The van der Waals surface area contributed by atoms with E-state index in [1.165, 1.54) is 0 Å². The van der Waals surface area contributed by atoms with Crippen molar-refractivity contribution in [2.45, 2.75) is 20.4 Å². The second-order valence-corrected chi connectivity index (χ2v) is 5.31. The number of ether oxygens (including phenoxy) is 1. The lowest BCUT2D eigenvalue weighted by Gasteiger charge is -2.24. The average molecular weight is 271 g/mol. The number of rotatable bonds is 7. The summed E-state index contributed by atoms with van der Waals surface area (Å²) in [6.07, 6.45) is 0. The molecule has 0 aliphatic rings. The van der Waals surface area contributed by atoms with Crippen molar-refractivity contribution >= 4 is 11.6 Å². The van der Waals surface area contributed by atoms with E-state index in [-0.39, 0.29) is 0 Å². The standard InChI is InChI=1S/C14H23ClN2O/c1-11(2)9-17(7-6-16)10-12-8-13(15)4-5-14(12)18-3/h4-5,8,11H,6-7,9-10,16H2,1-3H3. The van der Waals surface area contributed by atoms with Crippen LogP contribution in [0.3, 0.4) is 0 Å². The molecule has 1 aromatic rings. The first-order valence-electron chi connectivity index (χ1n) is 6.31. The summed E-state index contributed by atoms with van der Waals surface area (Å²) in [6.45, 7) is 7.80. The van der Waals surface area contributed by atoms with Crippen molar-refractivity contribution < 1.29 is 4.74 Å². The van der Waals surface area contributed by atoms with E-state index in [1.54, 1.807) is 7.11 Å². The molecule has 1 aromatic carbocycles. The molecule has 18 heavy (non-hydrogen) atoms.